The number of anilines is 2. The topological polar surface area (TPSA) is 66.9 Å². The monoisotopic (exact) mass is 342 g/mol. The Morgan fingerprint density at radius 1 is 1.04 bits per heavy atom. The van der Waals surface area contributed by atoms with Gasteiger partial charge in [0.25, 0.3) is 0 Å². The van der Waals surface area contributed by atoms with Crippen LogP contribution in [0.25, 0.3) is 0 Å². The van der Waals surface area contributed by atoms with Crippen LogP contribution in [0, 0.1) is 5.82 Å². The zero-order valence-electron chi connectivity index (χ0n) is 12.9. The number of hydrogen-bond donors (Lipinski definition) is 2. The second-order valence-electron chi connectivity index (χ2n) is 5.16. The van der Waals surface area contributed by atoms with E-state index >= 15 is 0 Å². The molecule has 24 heavy (non-hydrogen) atoms. The molecule has 0 spiro atoms. The van der Waals surface area contributed by atoms with Crippen LogP contribution in [0.5, 0.6) is 0 Å². The van der Waals surface area contributed by atoms with Gasteiger partial charge in [-0.05, 0) is 29.8 Å². The summed E-state index contributed by atoms with van der Waals surface area (Å²) in [5.41, 5.74) is 1.63. The summed E-state index contributed by atoms with van der Waals surface area (Å²) < 4.78 is 12.8. The Bertz CT molecular complexity index is 820. The first kappa shape index (κ1) is 16.1. The van der Waals surface area contributed by atoms with Crippen LogP contribution in [0.4, 0.5) is 20.0 Å². The molecule has 1 atom stereocenters. The van der Waals surface area contributed by atoms with Gasteiger partial charge >= 0.3 is 6.03 Å². The maximum Gasteiger partial charge on any atom is 0.325 e. The molecular formula is C17H15FN4OS. The number of carbonyl (C=O) groups is 1. The van der Waals surface area contributed by atoms with Crippen molar-refractivity contribution in [2.75, 3.05) is 10.6 Å². The SMILES string of the molecule is C[C@H](c1ccccc1)c1nnc(NC(=O)Nc2ccc(F)cc2)s1. The molecule has 2 N–H and O–H groups in total. The average molecular weight is 342 g/mol. The molecule has 2 amide bonds. The minimum Gasteiger partial charge on any atom is -0.308 e. The van der Waals surface area contributed by atoms with Crippen molar-refractivity contribution in [2.24, 2.45) is 0 Å². The van der Waals surface area contributed by atoms with Crippen molar-refractivity contribution in [3.05, 3.63) is 71.0 Å². The van der Waals surface area contributed by atoms with Gasteiger partial charge in [-0.25, -0.2) is 9.18 Å². The number of hydrogen-bond acceptors (Lipinski definition) is 4. The molecule has 0 aliphatic carbocycles. The number of rotatable bonds is 4. The number of nitrogens with one attached hydrogen (secondary N) is 2. The standard InChI is InChI=1S/C17H15FN4OS/c1-11(12-5-3-2-4-6-12)15-21-22-17(24-15)20-16(23)19-14-9-7-13(18)8-10-14/h2-11H,1H3,(H2,19,20,22,23)/t11-/m1/s1. The van der Waals surface area contributed by atoms with Gasteiger partial charge in [0.15, 0.2) is 0 Å². The van der Waals surface area contributed by atoms with E-state index in [2.05, 4.69) is 20.8 Å². The maximum atomic E-state index is 12.8. The largest absolute Gasteiger partial charge is 0.325 e. The van der Waals surface area contributed by atoms with Gasteiger partial charge in [-0.15, -0.1) is 10.2 Å². The molecule has 0 saturated heterocycles. The number of nitrogens with zero attached hydrogens (tertiary/aromatic N) is 2. The Balaban J connectivity index is 1.63. The smallest absolute Gasteiger partial charge is 0.308 e. The highest BCUT2D eigenvalue weighted by atomic mass is 32.1. The van der Waals surface area contributed by atoms with Gasteiger partial charge in [0.05, 0.1) is 0 Å². The van der Waals surface area contributed by atoms with Gasteiger partial charge in [-0.1, -0.05) is 48.6 Å². The summed E-state index contributed by atoms with van der Waals surface area (Å²) in [6.45, 7) is 2.04. The predicted octanol–water partition coefficient (Wildman–Crippen LogP) is 4.47. The van der Waals surface area contributed by atoms with Crippen molar-refractivity contribution in [1.82, 2.24) is 10.2 Å². The molecule has 0 fully saturated rings. The quantitative estimate of drug-likeness (QED) is 0.735. The van der Waals surface area contributed by atoms with Crippen LogP contribution in [-0.4, -0.2) is 16.2 Å². The first-order chi connectivity index (χ1) is 11.6. The van der Waals surface area contributed by atoms with E-state index in [0.29, 0.717) is 10.8 Å². The molecule has 3 rings (SSSR count). The highest BCUT2D eigenvalue weighted by molar-refractivity contribution is 7.15. The third kappa shape index (κ3) is 3.94. The maximum absolute atomic E-state index is 12.8. The van der Waals surface area contributed by atoms with Gasteiger partial charge in [-0.3, -0.25) is 5.32 Å². The fourth-order valence-corrected chi connectivity index (χ4v) is 2.96. The van der Waals surface area contributed by atoms with E-state index in [4.69, 9.17) is 0 Å². The summed E-state index contributed by atoms with van der Waals surface area (Å²) in [4.78, 5) is 11.9. The zero-order valence-corrected chi connectivity index (χ0v) is 13.7. The fourth-order valence-electron chi connectivity index (χ4n) is 2.14. The van der Waals surface area contributed by atoms with Gasteiger partial charge < -0.3 is 5.32 Å². The molecule has 5 nitrogen and oxygen atoms in total. The van der Waals surface area contributed by atoms with Gasteiger partial charge in [0, 0.05) is 11.6 Å². The van der Waals surface area contributed by atoms with Gasteiger partial charge in [0.2, 0.25) is 5.13 Å². The van der Waals surface area contributed by atoms with Crippen LogP contribution >= 0.6 is 11.3 Å². The average Bonchev–Trinajstić information content (AvgIpc) is 3.05. The van der Waals surface area contributed by atoms with E-state index < -0.39 is 6.03 Å². The Kier molecular flexibility index (Phi) is 4.81. The van der Waals surface area contributed by atoms with Gasteiger partial charge in [-0.2, -0.15) is 0 Å². The molecule has 122 valence electrons. The van der Waals surface area contributed by atoms with Crippen molar-refractivity contribution in [3.8, 4) is 0 Å². The molecular weight excluding hydrogens is 327 g/mol. The second-order valence-corrected chi connectivity index (χ2v) is 6.17. The summed E-state index contributed by atoms with van der Waals surface area (Å²) >= 11 is 1.32. The highest BCUT2D eigenvalue weighted by Crippen LogP contribution is 2.28. The molecule has 3 aromatic rings. The summed E-state index contributed by atoms with van der Waals surface area (Å²) in [6.07, 6.45) is 0. The minimum atomic E-state index is -0.448. The van der Waals surface area contributed by atoms with Crippen molar-refractivity contribution in [3.63, 3.8) is 0 Å². The first-order valence-corrected chi connectivity index (χ1v) is 8.15. The molecule has 0 unspecified atom stereocenters. The number of benzene rings is 2. The van der Waals surface area contributed by atoms with Crippen LogP contribution in [0.15, 0.2) is 54.6 Å². The predicted molar refractivity (Wildman–Crippen MR) is 92.9 cm³/mol. The Morgan fingerprint density at radius 2 is 1.75 bits per heavy atom. The van der Waals surface area contributed by atoms with E-state index in [-0.39, 0.29) is 11.7 Å². The lowest BCUT2D eigenvalue weighted by molar-refractivity contribution is 0.262. The summed E-state index contributed by atoms with van der Waals surface area (Å²) in [7, 11) is 0. The number of aromatic nitrogens is 2. The number of halogens is 1. The fraction of sp³-hybridized carbons (Fsp3) is 0.118. The molecule has 0 aliphatic heterocycles. The normalized spacial score (nSPS) is 11.8. The molecule has 2 aromatic carbocycles. The molecule has 0 radical (unpaired) electrons. The lowest BCUT2D eigenvalue weighted by Gasteiger charge is -2.07. The summed E-state index contributed by atoms with van der Waals surface area (Å²) in [6, 6.07) is 15.0. The van der Waals surface area contributed by atoms with Crippen molar-refractivity contribution in [2.45, 2.75) is 12.8 Å². The summed E-state index contributed by atoms with van der Waals surface area (Å²) in [5, 5.41) is 14.6. The number of carbonyl (C=O) groups excluding carboxylic acids is 1. The van der Waals surface area contributed by atoms with Crippen LogP contribution < -0.4 is 10.6 Å². The van der Waals surface area contributed by atoms with E-state index in [9.17, 15) is 9.18 Å². The zero-order chi connectivity index (χ0) is 16.9. The third-order valence-electron chi connectivity index (χ3n) is 3.43. The molecule has 1 heterocycles. The van der Waals surface area contributed by atoms with Crippen molar-refractivity contribution < 1.29 is 9.18 Å². The van der Waals surface area contributed by atoms with E-state index in [0.717, 1.165) is 10.6 Å². The highest BCUT2D eigenvalue weighted by Gasteiger charge is 2.15. The molecule has 0 saturated carbocycles. The van der Waals surface area contributed by atoms with Gasteiger partial charge in [0.1, 0.15) is 10.8 Å². The lowest BCUT2D eigenvalue weighted by Crippen LogP contribution is -2.19. The van der Waals surface area contributed by atoms with Crippen LogP contribution in [0.1, 0.15) is 23.4 Å². The van der Waals surface area contributed by atoms with Crippen LogP contribution in [0.2, 0.25) is 0 Å². The molecule has 0 aliphatic rings. The van der Waals surface area contributed by atoms with Crippen LogP contribution in [0.3, 0.4) is 0 Å². The Morgan fingerprint density at radius 3 is 2.46 bits per heavy atom. The van der Waals surface area contributed by atoms with E-state index in [1.54, 1.807) is 0 Å². The van der Waals surface area contributed by atoms with E-state index in [1.165, 1.54) is 35.6 Å². The van der Waals surface area contributed by atoms with Crippen LogP contribution in [-0.2, 0) is 0 Å². The third-order valence-corrected chi connectivity index (χ3v) is 4.45. The Labute approximate surface area is 142 Å². The molecule has 7 heteroatoms. The Hall–Kier alpha value is -2.80. The second kappa shape index (κ2) is 7.18. The van der Waals surface area contributed by atoms with Crippen molar-refractivity contribution in [1.29, 1.82) is 0 Å². The van der Waals surface area contributed by atoms with E-state index in [1.807, 2.05) is 37.3 Å². The van der Waals surface area contributed by atoms with Crippen molar-refractivity contribution >= 4 is 28.2 Å². The summed E-state index contributed by atoms with van der Waals surface area (Å²) in [5.74, 6) is -0.260. The lowest BCUT2D eigenvalue weighted by atomic mass is 10.0. The number of urea groups is 1. The molecule has 1 aromatic heterocycles. The molecule has 0 bridgehead atoms. The minimum absolute atomic E-state index is 0.0967. The first-order valence-electron chi connectivity index (χ1n) is 7.34. The number of amides is 2.